The fourth-order valence-electron chi connectivity index (χ4n) is 5.80. The highest BCUT2D eigenvalue weighted by Crippen LogP contribution is 2.34. The zero-order valence-corrected chi connectivity index (χ0v) is 28.0. The molecule has 0 fully saturated rings. The Hall–Kier alpha value is -5.62. The van der Waals surface area contributed by atoms with Crippen LogP contribution in [0.25, 0.3) is 33.5 Å². The smallest absolute Gasteiger partial charge is 0.130 e. The highest BCUT2D eigenvalue weighted by Gasteiger charge is 2.15. The van der Waals surface area contributed by atoms with Gasteiger partial charge in [-0.1, -0.05) is 60.7 Å². The van der Waals surface area contributed by atoms with Gasteiger partial charge in [0.1, 0.15) is 11.6 Å². The molecule has 5 aromatic carbocycles. The Bertz CT molecular complexity index is 1890. The minimum atomic E-state index is 0.209. The van der Waals surface area contributed by atoms with Gasteiger partial charge in [-0.2, -0.15) is 0 Å². The van der Waals surface area contributed by atoms with Gasteiger partial charge in [-0.15, -0.1) is 0 Å². The van der Waals surface area contributed by atoms with Crippen LogP contribution >= 0.6 is 0 Å². The van der Waals surface area contributed by atoms with Crippen LogP contribution in [0.2, 0.25) is 0 Å². The average Bonchev–Trinajstić information content (AvgIpc) is 3.12. The average molecular weight is 633 g/mol. The number of aryl methyl sites for hydroxylation is 2. The molecule has 0 saturated carbocycles. The quantitative estimate of drug-likeness (QED) is 0.134. The number of ketones is 2. The first-order valence-electron chi connectivity index (χ1n) is 16.4. The van der Waals surface area contributed by atoms with Crippen LogP contribution in [0.4, 0.5) is 22.7 Å². The highest BCUT2D eigenvalue weighted by molar-refractivity contribution is 5.87. The number of anilines is 4. The Labute approximate surface area is 282 Å². The Morgan fingerprint density at radius 1 is 0.479 bits per heavy atom. The summed E-state index contributed by atoms with van der Waals surface area (Å²) in [5.74, 6) is 0.419. The molecule has 240 valence electrons. The zero-order chi connectivity index (χ0) is 33.6. The van der Waals surface area contributed by atoms with Crippen LogP contribution in [-0.2, 0) is 22.4 Å². The number of carbonyl (C=O) groups excluding carboxylic acids is 2. The molecule has 48 heavy (non-hydrogen) atoms. The van der Waals surface area contributed by atoms with Crippen molar-refractivity contribution in [2.75, 3.05) is 23.9 Å². The molecule has 6 nitrogen and oxygen atoms in total. The molecular formula is C42H40N4O2. The third kappa shape index (κ3) is 7.50. The summed E-state index contributed by atoms with van der Waals surface area (Å²) < 4.78 is 0. The molecule has 0 amide bonds. The van der Waals surface area contributed by atoms with Crippen molar-refractivity contribution < 1.29 is 9.59 Å². The number of carbonyl (C=O) groups is 2. The zero-order valence-electron chi connectivity index (χ0n) is 28.0. The second kappa shape index (κ2) is 14.4. The van der Waals surface area contributed by atoms with Crippen LogP contribution in [0.5, 0.6) is 0 Å². The van der Waals surface area contributed by atoms with Gasteiger partial charge in [-0.05, 0) is 98.5 Å². The molecule has 0 aliphatic carbocycles. The third-order valence-electron chi connectivity index (χ3n) is 8.81. The van der Waals surface area contributed by atoms with E-state index in [1.165, 1.54) is 0 Å². The second-order valence-electron chi connectivity index (χ2n) is 12.4. The molecule has 0 aliphatic rings. The maximum Gasteiger partial charge on any atom is 0.130 e. The maximum atomic E-state index is 11.4. The van der Waals surface area contributed by atoms with Gasteiger partial charge in [-0.25, -0.2) is 9.97 Å². The van der Waals surface area contributed by atoms with E-state index >= 15 is 0 Å². The first-order chi connectivity index (χ1) is 23.2. The molecular weight excluding hydrogens is 592 g/mol. The predicted molar refractivity (Wildman–Crippen MR) is 197 cm³/mol. The summed E-state index contributed by atoms with van der Waals surface area (Å²) in [6, 6.07) is 41.7. The van der Waals surface area contributed by atoms with E-state index in [4.69, 9.17) is 9.97 Å². The van der Waals surface area contributed by atoms with Crippen LogP contribution in [0, 0.1) is 0 Å². The lowest BCUT2D eigenvalue weighted by Crippen LogP contribution is -2.09. The van der Waals surface area contributed by atoms with Crippen LogP contribution in [-0.4, -0.2) is 35.6 Å². The summed E-state index contributed by atoms with van der Waals surface area (Å²) in [7, 11) is 4.12. The van der Waals surface area contributed by atoms with Crippen LogP contribution in [0.1, 0.15) is 37.8 Å². The van der Waals surface area contributed by atoms with E-state index in [0.29, 0.717) is 12.8 Å². The molecule has 0 spiro atoms. The van der Waals surface area contributed by atoms with Gasteiger partial charge in [0.15, 0.2) is 0 Å². The lowest BCUT2D eigenvalue weighted by molar-refractivity contribution is -0.117. The van der Waals surface area contributed by atoms with Gasteiger partial charge in [0, 0.05) is 60.8 Å². The van der Waals surface area contributed by atoms with Crippen molar-refractivity contribution in [3.63, 3.8) is 0 Å². The summed E-state index contributed by atoms with van der Waals surface area (Å²) >= 11 is 0. The Morgan fingerprint density at radius 3 is 1.10 bits per heavy atom. The summed E-state index contributed by atoms with van der Waals surface area (Å²) in [4.78, 5) is 37.3. The van der Waals surface area contributed by atoms with Gasteiger partial charge >= 0.3 is 0 Å². The third-order valence-corrected chi connectivity index (χ3v) is 8.81. The van der Waals surface area contributed by atoms with Crippen molar-refractivity contribution in [2.24, 2.45) is 0 Å². The second-order valence-corrected chi connectivity index (χ2v) is 12.4. The van der Waals surface area contributed by atoms with Gasteiger partial charge in [0.05, 0.1) is 22.4 Å². The van der Waals surface area contributed by atoms with Crippen molar-refractivity contribution in [1.29, 1.82) is 0 Å². The molecule has 0 N–H and O–H groups in total. The molecule has 0 saturated heterocycles. The normalized spacial score (nSPS) is 11.0. The lowest BCUT2D eigenvalue weighted by atomic mass is 10.0. The molecule has 6 heteroatoms. The van der Waals surface area contributed by atoms with Crippen LogP contribution in [0.15, 0.2) is 121 Å². The maximum absolute atomic E-state index is 11.4. The number of aromatic nitrogens is 2. The van der Waals surface area contributed by atoms with Crippen molar-refractivity contribution in [2.45, 2.75) is 39.5 Å². The first-order valence-corrected chi connectivity index (χ1v) is 16.4. The summed E-state index contributed by atoms with van der Waals surface area (Å²) in [6.07, 6.45) is 2.66. The number of hydrogen-bond acceptors (Lipinski definition) is 6. The molecule has 0 atom stereocenters. The largest absolute Gasteiger partial charge is 0.345 e. The van der Waals surface area contributed by atoms with Gasteiger partial charge in [-0.3, -0.25) is 0 Å². The standard InChI is InChI=1S/C42H40N4O2/c1-29(47)9-11-31-13-21-35(22-14-31)45(3)37-25-17-33(18-26-37)41-42(44-40-8-6-5-7-39(40)43-41)34-19-27-38(28-20-34)46(4)36-23-15-32(16-24-36)12-10-30(2)48/h5-8,13-28H,9-12H2,1-4H3. The number of benzene rings is 5. The van der Waals surface area contributed by atoms with E-state index in [9.17, 15) is 9.59 Å². The van der Waals surface area contributed by atoms with Crippen molar-refractivity contribution in [3.8, 4) is 22.5 Å². The molecule has 1 aromatic heterocycles. The molecule has 0 bridgehead atoms. The highest BCUT2D eigenvalue weighted by atomic mass is 16.1. The summed E-state index contributed by atoms with van der Waals surface area (Å²) in [6.45, 7) is 3.27. The minimum absolute atomic E-state index is 0.209. The van der Waals surface area contributed by atoms with E-state index in [0.717, 1.165) is 80.3 Å². The van der Waals surface area contributed by atoms with Gasteiger partial charge in [0.2, 0.25) is 0 Å². The summed E-state index contributed by atoms with van der Waals surface area (Å²) in [5.41, 5.74) is 12.0. The van der Waals surface area contributed by atoms with E-state index in [1.54, 1.807) is 13.8 Å². The van der Waals surface area contributed by atoms with Crippen molar-refractivity contribution in [1.82, 2.24) is 9.97 Å². The minimum Gasteiger partial charge on any atom is -0.345 e. The van der Waals surface area contributed by atoms with Crippen molar-refractivity contribution in [3.05, 3.63) is 132 Å². The lowest BCUT2D eigenvalue weighted by Gasteiger charge is -2.21. The molecule has 0 radical (unpaired) electrons. The molecule has 6 rings (SSSR count). The van der Waals surface area contributed by atoms with Gasteiger partial charge < -0.3 is 19.4 Å². The Morgan fingerprint density at radius 2 is 0.792 bits per heavy atom. The monoisotopic (exact) mass is 632 g/mol. The van der Waals surface area contributed by atoms with Crippen molar-refractivity contribution >= 4 is 45.3 Å². The predicted octanol–water partition coefficient (Wildman–Crippen LogP) is 9.54. The molecule has 0 unspecified atom stereocenters. The Balaban J connectivity index is 1.25. The number of fused-ring (bicyclic) bond motifs is 1. The summed E-state index contributed by atoms with van der Waals surface area (Å²) in [5, 5.41) is 0. The number of hydrogen-bond donors (Lipinski definition) is 0. The topological polar surface area (TPSA) is 66.4 Å². The fourth-order valence-corrected chi connectivity index (χ4v) is 5.80. The fraction of sp³-hybridized carbons (Fsp3) is 0.190. The van der Waals surface area contributed by atoms with Gasteiger partial charge in [0.25, 0.3) is 0 Å². The van der Waals surface area contributed by atoms with Crippen LogP contribution < -0.4 is 9.80 Å². The SMILES string of the molecule is CC(=O)CCc1ccc(N(C)c2ccc(-c3nc4ccccc4nc3-c3ccc(N(C)c4ccc(CCC(C)=O)cc4)cc3)cc2)cc1. The van der Waals surface area contributed by atoms with Crippen LogP contribution in [0.3, 0.4) is 0 Å². The number of rotatable bonds is 12. The van der Waals surface area contributed by atoms with E-state index in [1.807, 2.05) is 24.3 Å². The van der Waals surface area contributed by atoms with E-state index in [2.05, 4.69) is 121 Å². The number of nitrogens with zero attached hydrogens (tertiary/aromatic N) is 4. The number of Topliss-reactive ketones (excluding diaryl/α,β-unsaturated/α-hetero) is 2. The molecule has 1 heterocycles. The Kier molecular flexibility index (Phi) is 9.72. The number of para-hydroxylation sites is 2. The van der Waals surface area contributed by atoms with E-state index < -0.39 is 0 Å². The van der Waals surface area contributed by atoms with E-state index in [-0.39, 0.29) is 11.6 Å². The molecule has 0 aliphatic heterocycles. The molecule has 6 aromatic rings. The first kappa shape index (κ1) is 32.3.